The summed E-state index contributed by atoms with van der Waals surface area (Å²) in [6.07, 6.45) is 5.41. The summed E-state index contributed by atoms with van der Waals surface area (Å²) >= 11 is 0. The number of aliphatic carboxylic acids is 1. The molecule has 1 heterocycles. The molecule has 0 saturated heterocycles. The topological polar surface area (TPSA) is 78.4 Å². The molecular formula is C23H24N2O3. The molecule has 0 radical (unpaired) electrons. The van der Waals surface area contributed by atoms with Gasteiger partial charge in [-0.1, -0.05) is 42.0 Å². The summed E-state index contributed by atoms with van der Waals surface area (Å²) in [5, 5.41) is 15.1. The van der Waals surface area contributed by atoms with Crippen LogP contribution in [0.4, 0.5) is 5.69 Å². The van der Waals surface area contributed by atoms with E-state index in [9.17, 15) is 9.59 Å². The lowest BCUT2D eigenvalue weighted by Crippen LogP contribution is -2.30. The molecule has 2 aliphatic rings. The van der Waals surface area contributed by atoms with Crippen molar-refractivity contribution in [3.63, 3.8) is 0 Å². The van der Waals surface area contributed by atoms with Gasteiger partial charge in [-0.05, 0) is 48.6 Å². The largest absolute Gasteiger partial charge is 0.481 e. The fraction of sp³-hybridized carbons (Fsp3) is 0.304. The van der Waals surface area contributed by atoms with Crippen LogP contribution in [0.15, 0.2) is 54.6 Å². The van der Waals surface area contributed by atoms with E-state index >= 15 is 0 Å². The standard InChI is InChI=1S/C23H24N2O3/c1-14-4-2-5-15(12-14)22-18-7-3-6-17(18)19-13-16(8-9-20(19)25-22)23(28)24-11-10-21(26)27/h2-6,8-9,12-13,17-18,22,25H,7,10-11H2,1H3,(H,24,28)(H,26,27)/t17-,18-,22-/m0/s1. The van der Waals surface area contributed by atoms with Crippen molar-refractivity contribution in [3.05, 3.63) is 76.9 Å². The van der Waals surface area contributed by atoms with E-state index in [1.165, 1.54) is 11.1 Å². The summed E-state index contributed by atoms with van der Waals surface area (Å²) in [6, 6.07) is 14.6. The van der Waals surface area contributed by atoms with Gasteiger partial charge < -0.3 is 15.7 Å². The average molecular weight is 376 g/mol. The predicted octanol–water partition coefficient (Wildman–Crippen LogP) is 4.03. The Hall–Kier alpha value is -3.08. The number of rotatable bonds is 5. The van der Waals surface area contributed by atoms with E-state index in [2.05, 4.69) is 54.0 Å². The lowest BCUT2D eigenvalue weighted by molar-refractivity contribution is -0.136. The Morgan fingerprint density at radius 1 is 1.21 bits per heavy atom. The summed E-state index contributed by atoms with van der Waals surface area (Å²) in [5.74, 6) is -0.465. The molecule has 4 rings (SSSR count). The number of fused-ring (bicyclic) bond motifs is 3. The SMILES string of the molecule is Cc1cccc([C@@H]2Nc3ccc(C(=O)NCCC(=O)O)cc3[C@H]3C=CC[C@@H]32)c1. The van der Waals surface area contributed by atoms with E-state index in [0.717, 1.165) is 17.7 Å². The summed E-state index contributed by atoms with van der Waals surface area (Å²) < 4.78 is 0. The molecule has 0 unspecified atom stereocenters. The van der Waals surface area contributed by atoms with Crippen molar-refractivity contribution in [1.82, 2.24) is 5.32 Å². The Balaban J connectivity index is 1.60. The van der Waals surface area contributed by atoms with Crippen LogP contribution >= 0.6 is 0 Å². The third-order valence-corrected chi connectivity index (χ3v) is 5.65. The zero-order valence-electron chi connectivity index (χ0n) is 15.8. The lowest BCUT2D eigenvalue weighted by atomic mass is 9.76. The van der Waals surface area contributed by atoms with Crippen molar-refractivity contribution in [1.29, 1.82) is 0 Å². The van der Waals surface area contributed by atoms with Crippen molar-refractivity contribution in [2.24, 2.45) is 5.92 Å². The molecule has 2 aromatic carbocycles. The average Bonchev–Trinajstić information content (AvgIpc) is 3.16. The number of amides is 1. The monoisotopic (exact) mass is 376 g/mol. The maximum atomic E-state index is 12.4. The minimum absolute atomic E-state index is 0.0795. The van der Waals surface area contributed by atoms with Crippen LogP contribution < -0.4 is 10.6 Å². The van der Waals surface area contributed by atoms with Gasteiger partial charge in [-0.2, -0.15) is 0 Å². The van der Waals surface area contributed by atoms with Crippen LogP contribution in [-0.4, -0.2) is 23.5 Å². The zero-order valence-corrected chi connectivity index (χ0v) is 15.8. The second-order valence-corrected chi connectivity index (χ2v) is 7.59. The van der Waals surface area contributed by atoms with Crippen molar-refractivity contribution in [2.75, 3.05) is 11.9 Å². The Morgan fingerprint density at radius 3 is 2.86 bits per heavy atom. The van der Waals surface area contributed by atoms with E-state index in [1.807, 2.05) is 12.1 Å². The number of hydrogen-bond acceptors (Lipinski definition) is 3. The highest BCUT2D eigenvalue weighted by Crippen LogP contribution is 2.49. The van der Waals surface area contributed by atoms with Gasteiger partial charge in [0.05, 0.1) is 12.5 Å². The Morgan fingerprint density at radius 2 is 2.07 bits per heavy atom. The fourth-order valence-electron chi connectivity index (χ4n) is 4.31. The van der Waals surface area contributed by atoms with Gasteiger partial charge in [-0.15, -0.1) is 0 Å². The Labute approximate surface area is 164 Å². The molecule has 0 saturated carbocycles. The first-order chi connectivity index (χ1) is 13.5. The first-order valence-electron chi connectivity index (χ1n) is 9.66. The lowest BCUT2D eigenvalue weighted by Gasteiger charge is -2.37. The number of nitrogens with one attached hydrogen (secondary N) is 2. The van der Waals surface area contributed by atoms with E-state index in [1.54, 1.807) is 6.07 Å². The molecule has 0 spiro atoms. The minimum atomic E-state index is -0.920. The van der Waals surface area contributed by atoms with Crippen molar-refractivity contribution >= 4 is 17.6 Å². The van der Waals surface area contributed by atoms with E-state index < -0.39 is 5.97 Å². The number of aryl methyl sites for hydroxylation is 1. The maximum absolute atomic E-state index is 12.4. The van der Waals surface area contributed by atoms with Crippen LogP contribution in [0.3, 0.4) is 0 Å². The number of carbonyl (C=O) groups is 2. The van der Waals surface area contributed by atoms with Crippen molar-refractivity contribution in [3.8, 4) is 0 Å². The molecule has 28 heavy (non-hydrogen) atoms. The summed E-state index contributed by atoms with van der Waals surface area (Å²) in [6.45, 7) is 2.24. The molecule has 1 aliphatic carbocycles. The van der Waals surface area contributed by atoms with Gasteiger partial charge in [0, 0.05) is 23.7 Å². The molecule has 0 bridgehead atoms. The van der Waals surface area contributed by atoms with Gasteiger partial charge >= 0.3 is 5.97 Å². The minimum Gasteiger partial charge on any atom is -0.481 e. The van der Waals surface area contributed by atoms with Gasteiger partial charge in [0.1, 0.15) is 0 Å². The molecule has 0 fully saturated rings. The molecule has 1 aliphatic heterocycles. The molecule has 144 valence electrons. The second-order valence-electron chi connectivity index (χ2n) is 7.59. The van der Waals surface area contributed by atoms with Gasteiger partial charge in [0.15, 0.2) is 0 Å². The van der Waals surface area contributed by atoms with Gasteiger partial charge in [0.2, 0.25) is 0 Å². The molecule has 3 atom stereocenters. The third kappa shape index (κ3) is 3.52. The van der Waals surface area contributed by atoms with Crippen LogP contribution in [0.5, 0.6) is 0 Å². The van der Waals surface area contributed by atoms with Crippen LogP contribution in [0, 0.1) is 12.8 Å². The van der Waals surface area contributed by atoms with Crippen LogP contribution in [0.1, 0.15) is 51.8 Å². The summed E-state index contributed by atoms with van der Waals surface area (Å²) in [4.78, 5) is 23.0. The Bertz CT molecular complexity index is 951. The van der Waals surface area contributed by atoms with E-state index in [-0.39, 0.29) is 30.8 Å². The summed E-state index contributed by atoms with van der Waals surface area (Å²) in [7, 11) is 0. The highest BCUT2D eigenvalue weighted by atomic mass is 16.4. The second kappa shape index (κ2) is 7.50. The van der Waals surface area contributed by atoms with Crippen molar-refractivity contribution < 1.29 is 14.7 Å². The summed E-state index contributed by atoms with van der Waals surface area (Å²) in [5.41, 5.74) is 5.30. The zero-order chi connectivity index (χ0) is 19.7. The van der Waals surface area contributed by atoms with E-state index in [4.69, 9.17) is 5.11 Å². The molecular weight excluding hydrogens is 352 g/mol. The fourth-order valence-corrected chi connectivity index (χ4v) is 4.31. The van der Waals surface area contributed by atoms with Crippen LogP contribution in [0.25, 0.3) is 0 Å². The molecule has 3 N–H and O–H groups in total. The number of anilines is 1. The van der Waals surface area contributed by atoms with Crippen LogP contribution in [-0.2, 0) is 4.79 Å². The van der Waals surface area contributed by atoms with Gasteiger partial charge in [-0.3, -0.25) is 9.59 Å². The van der Waals surface area contributed by atoms with E-state index in [0.29, 0.717) is 11.5 Å². The van der Waals surface area contributed by atoms with Crippen LogP contribution in [0.2, 0.25) is 0 Å². The number of benzene rings is 2. The smallest absolute Gasteiger partial charge is 0.305 e. The number of carbonyl (C=O) groups excluding carboxylic acids is 1. The Kier molecular flexibility index (Phi) is 4.90. The normalized spacial score (nSPS) is 22.1. The van der Waals surface area contributed by atoms with Gasteiger partial charge in [0.25, 0.3) is 5.91 Å². The number of allylic oxidation sites excluding steroid dienone is 2. The van der Waals surface area contributed by atoms with Gasteiger partial charge in [-0.25, -0.2) is 0 Å². The molecule has 0 aromatic heterocycles. The molecule has 5 heteroatoms. The highest BCUT2D eigenvalue weighted by molar-refractivity contribution is 5.95. The first-order valence-corrected chi connectivity index (χ1v) is 9.66. The van der Waals surface area contributed by atoms with Crippen molar-refractivity contribution in [2.45, 2.75) is 31.7 Å². The number of carboxylic acid groups (broad SMARTS) is 1. The highest BCUT2D eigenvalue weighted by Gasteiger charge is 2.38. The maximum Gasteiger partial charge on any atom is 0.305 e. The molecule has 2 aromatic rings. The third-order valence-electron chi connectivity index (χ3n) is 5.65. The predicted molar refractivity (Wildman–Crippen MR) is 109 cm³/mol. The molecule has 5 nitrogen and oxygen atoms in total. The first kappa shape index (κ1) is 18.3. The number of hydrogen-bond donors (Lipinski definition) is 3. The molecule has 1 amide bonds. The quantitative estimate of drug-likeness (QED) is 0.689. The number of carboxylic acids is 1.